The molecule has 0 radical (unpaired) electrons. The summed E-state index contributed by atoms with van der Waals surface area (Å²) in [5, 5.41) is 3.01. The first kappa shape index (κ1) is 16.2. The van der Waals surface area contributed by atoms with Crippen LogP contribution in [0, 0.1) is 0 Å². The van der Waals surface area contributed by atoms with E-state index in [1.54, 1.807) is 6.92 Å². The minimum atomic E-state index is -0.0178. The summed E-state index contributed by atoms with van der Waals surface area (Å²) in [6.07, 6.45) is 3.47. The predicted molar refractivity (Wildman–Crippen MR) is 73.6 cm³/mol. The van der Waals surface area contributed by atoms with Crippen LogP contribution in [0.25, 0.3) is 0 Å². The van der Waals surface area contributed by atoms with E-state index in [9.17, 15) is 4.79 Å². The lowest BCUT2D eigenvalue weighted by Crippen LogP contribution is -2.55. The van der Waals surface area contributed by atoms with Gasteiger partial charge >= 0.3 is 0 Å². The normalized spacial score (nSPS) is 11.3. The third kappa shape index (κ3) is 5.87. The number of hydrogen-bond acceptors (Lipinski definition) is 1. The number of carbonyl (C=O) groups excluding carboxylic acids is 1. The van der Waals surface area contributed by atoms with Crippen molar-refractivity contribution in [2.75, 3.05) is 26.3 Å². The van der Waals surface area contributed by atoms with Gasteiger partial charge in [0, 0.05) is 5.57 Å². The fraction of sp³-hybridized carbons (Fsp3) is 0.786. The highest BCUT2D eigenvalue weighted by Gasteiger charge is 2.25. The van der Waals surface area contributed by atoms with Gasteiger partial charge in [0.2, 0.25) is 0 Å². The van der Waals surface area contributed by atoms with Crippen molar-refractivity contribution in [2.24, 2.45) is 0 Å². The quantitative estimate of drug-likeness (QED) is 0.375. The number of hydrogen-bond donors (Lipinski definition) is 1. The maximum atomic E-state index is 11.6. The molecule has 0 spiro atoms. The second-order valence-electron chi connectivity index (χ2n) is 4.96. The minimum absolute atomic E-state index is 0.0178. The summed E-state index contributed by atoms with van der Waals surface area (Å²) >= 11 is 0. The Hall–Kier alpha value is -0.830. The van der Waals surface area contributed by atoms with E-state index in [0.717, 1.165) is 50.0 Å². The average molecular weight is 241 g/mol. The topological polar surface area (TPSA) is 29.1 Å². The molecule has 0 aromatic rings. The van der Waals surface area contributed by atoms with Crippen LogP contribution in [0.3, 0.4) is 0 Å². The summed E-state index contributed by atoms with van der Waals surface area (Å²) in [4.78, 5) is 11.6. The first-order chi connectivity index (χ1) is 8.01. The number of nitrogens with one attached hydrogen (secondary N) is 1. The van der Waals surface area contributed by atoms with Gasteiger partial charge in [-0.05, 0) is 26.2 Å². The van der Waals surface area contributed by atoms with Crippen LogP contribution in [0.15, 0.2) is 12.2 Å². The van der Waals surface area contributed by atoms with E-state index in [1.807, 2.05) is 0 Å². The number of amides is 1. The van der Waals surface area contributed by atoms with E-state index in [1.165, 1.54) is 0 Å². The zero-order valence-electron chi connectivity index (χ0n) is 12.0. The number of rotatable bonds is 9. The highest BCUT2D eigenvalue weighted by atomic mass is 16.1. The third-order valence-corrected chi connectivity index (χ3v) is 3.06. The zero-order valence-corrected chi connectivity index (χ0v) is 12.0. The molecular formula is C14H29N2O+. The summed E-state index contributed by atoms with van der Waals surface area (Å²) in [6.45, 7) is 16.2. The molecule has 3 heteroatoms. The molecule has 0 unspecified atom stereocenters. The van der Waals surface area contributed by atoms with Crippen molar-refractivity contribution in [3.63, 3.8) is 0 Å². The molecule has 0 fully saturated rings. The molecule has 0 aliphatic heterocycles. The molecule has 0 aromatic carbocycles. The fourth-order valence-electron chi connectivity index (χ4n) is 2.39. The summed E-state index contributed by atoms with van der Waals surface area (Å²) in [5.74, 6) is -0.0178. The van der Waals surface area contributed by atoms with Crippen LogP contribution in [0.1, 0.15) is 47.0 Å². The van der Waals surface area contributed by atoms with Crippen molar-refractivity contribution in [2.45, 2.75) is 47.0 Å². The highest BCUT2D eigenvalue weighted by molar-refractivity contribution is 5.91. The van der Waals surface area contributed by atoms with E-state index >= 15 is 0 Å². The molecule has 17 heavy (non-hydrogen) atoms. The lowest BCUT2D eigenvalue weighted by atomic mass is 10.2. The summed E-state index contributed by atoms with van der Waals surface area (Å²) in [5.41, 5.74) is 0.590. The molecule has 0 aliphatic carbocycles. The Labute approximate surface area is 106 Å². The van der Waals surface area contributed by atoms with E-state index in [0.29, 0.717) is 5.57 Å². The Bertz CT molecular complexity index is 232. The van der Waals surface area contributed by atoms with Crippen LogP contribution in [-0.2, 0) is 4.79 Å². The molecular weight excluding hydrogens is 212 g/mol. The van der Waals surface area contributed by atoms with Crippen molar-refractivity contribution in [3.8, 4) is 0 Å². The van der Waals surface area contributed by atoms with Gasteiger partial charge in [-0.1, -0.05) is 27.4 Å². The lowest BCUT2D eigenvalue weighted by molar-refractivity contribution is -0.930. The Morgan fingerprint density at radius 2 is 1.47 bits per heavy atom. The minimum Gasteiger partial charge on any atom is -0.307 e. The molecule has 0 rings (SSSR count). The lowest BCUT2D eigenvalue weighted by Gasteiger charge is -2.38. The SMILES string of the molecule is C=C(C)C(=O)NC[N+](CCC)(CCC)CCC. The second kappa shape index (κ2) is 8.29. The molecule has 0 atom stereocenters. The number of nitrogens with zero attached hydrogens (tertiary/aromatic N) is 1. The van der Waals surface area contributed by atoms with E-state index in [4.69, 9.17) is 0 Å². The Morgan fingerprint density at radius 1 is 1.06 bits per heavy atom. The summed E-state index contributed by atoms with van der Waals surface area (Å²) < 4.78 is 1.00. The van der Waals surface area contributed by atoms with Crippen LogP contribution in [0.4, 0.5) is 0 Å². The van der Waals surface area contributed by atoms with Crippen LogP contribution in [0.5, 0.6) is 0 Å². The van der Waals surface area contributed by atoms with Gasteiger partial charge in [-0.3, -0.25) is 4.79 Å². The largest absolute Gasteiger partial charge is 0.307 e. The second-order valence-corrected chi connectivity index (χ2v) is 4.96. The van der Waals surface area contributed by atoms with Gasteiger partial charge in [-0.25, -0.2) is 0 Å². The molecule has 0 bridgehead atoms. The number of carbonyl (C=O) groups is 1. The van der Waals surface area contributed by atoms with Gasteiger partial charge in [0.15, 0.2) is 6.67 Å². The Balaban J connectivity index is 4.53. The van der Waals surface area contributed by atoms with Crippen LogP contribution >= 0.6 is 0 Å². The fourth-order valence-corrected chi connectivity index (χ4v) is 2.39. The molecule has 1 amide bonds. The molecule has 1 N–H and O–H groups in total. The Morgan fingerprint density at radius 3 is 1.76 bits per heavy atom. The van der Waals surface area contributed by atoms with Gasteiger partial charge in [0.25, 0.3) is 5.91 Å². The summed E-state index contributed by atoms with van der Waals surface area (Å²) in [7, 11) is 0. The molecule has 100 valence electrons. The monoisotopic (exact) mass is 241 g/mol. The summed E-state index contributed by atoms with van der Waals surface area (Å²) in [6, 6.07) is 0. The molecule has 0 saturated carbocycles. The van der Waals surface area contributed by atoms with Crippen molar-refractivity contribution in [1.82, 2.24) is 5.32 Å². The van der Waals surface area contributed by atoms with Gasteiger partial charge in [-0.2, -0.15) is 0 Å². The molecule has 0 aliphatic rings. The van der Waals surface area contributed by atoms with E-state index in [-0.39, 0.29) is 5.91 Å². The molecule has 3 nitrogen and oxygen atoms in total. The predicted octanol–water partition coefficient (Wildman–Crippen LogP) is 2.68. The van der Waals surface area contributed by atoms with Crippen LogP contribution in [0.2, 0.25) is 0 Å². The van der Waals surface area contributed by atoms with Gasteiger partial charge in [0.1, 0.15) is 0 Å². The van der Waals surface area contributed by atoms with Crippen molar-refractivity contribution in [3.05, 3.63) is 12.2 Å². The first-order valence-electron chi connectivity index (χ1n) is 6.80. The maximum Gasteiger partial charge on any atom is 0.250 e. The molecule has 0 aromatic heterocycles. The van der Waals surface area contributed by atoms with E-state index in [2.05, 4.69) is 32.7 Å². The smallest absolute Gasteiger partial charge is 0.250 e. The van der Waals surface area contributed by atoms with Crippen molar-refractivity contribution < 1.29 is 9.28 Å². The number of quaternary nitrogens is 1. The average Bonchev–Trinajstić information content (AvgIpc) is 2.27. The third-order valence-electron chi connectivity index (χ3n) is 3.06. The van der Waals surface area contributed by atoms with Crippen molar-refractivity contribution in [1.29, 1.82) is 0 Å². The van der Waals surface area contributed by atoms with Gasteiger partial charge < -0.3 is 9.80 Å². The highest BCUT2D eigenvalue weighted by Crippen LogP contribution is 2.10. The first-order valence-corrected chi connectivity index (χ1v) is 6.80. The van der Waals surface area contributed by atoms with Crippen LogP contribution in [-0.4, -0.2) is 36.7 Å². The van der Waals surface area contributed by atoms with Gasteiger partial charge in [0.05, 0.1) is 19.6 Å². The standard InChI is InChI=1S/C14H28N2O/c1-6-9-16(10-7-2,11-8-3)12-15-14(17)13(4)5/h4,6-12H2,1-3,5H3/p+1. The maximum absolute atomic E-state index is 11.6. The zero-order chi connectivity index (χ0) is 13.3. The van der Waals surface area contributed by atoms with Crippen molar-refractivity contribution >= 4 is 5.91 Å². The van der Waals surface area contributed by atoms with Gasteiger partial charge in [-0.15, -0.1) is 0 Å². The molecule has 0 heterocycles. The Kier molecular flexibility index (Phi) is 7.88. The van der Waals surface area contributed by atoms with Crippen LogP contribution < -0.4 is 5.32 Å². The van der Waals surface area contributed by atoms with E-state index < -0.39 is 0 Å². The molecule has 0 saturated heterocycles.